The molecule has 8 aromatic rings. The van der Waals surface area contributed by atoms with Crippen LogP contribution in [0.1, 0.15) is 214 Å². The van der Waals surface area contributed by atoms with E-state index in [0.29, 0.717) is 11.4 Å². The van der Waals surface area contributed by atoms with Crippen molar-refractivity contribution in [3.8, 4) is 0 Å². The van der Waals surface area contributed by atoms with Crippen LogP contribution in [0, 0.1) is 0 Å². The number of rotatable bonds is 5. The van der Waals surface area contributed by atoms with Crippen LogP contribution in [0.2, 0.25) is 0 Å². The number of hydrogen-bond acceptors (Lipinski definition) is 4. The average Bonchev–Trinajstić information content (AvgIpc) is 1.23. The number of benzene rings is 7. The summed E-state index contributed by atoms with van der Waals surface area (Å²) in [6.45, 7) is 38.8. The quantitative estimate of drug-likeness (QED) is 0.159. The van der Waals surface area contributed by atoms with E-state index in [2.05, 4.69) is 193 Å². The summed E-state index contributed by atoms with van der Waals surface area (Å²) < 4.78 is 49.5. The normalized spacial score (nSPS) is 22.0. The Labute approximate surface area is 497 Å². The minimum atomic E-state index is -0.411. The molecule has 5 heteroatoms. The monoisotopic (exact) mass is 1090 g/mol. The van der Waals surface area contributed by atoms with Crippen LogP contribution < -0.4 is 30.4 Å². The third kappa shape index (κ3) is 7.92. The van der Waals surface area contributed by atoms with Gasteiger partial charge in [0.1, 0.15) is 0 Å². The zero-order valence-corrected chi connectivity index (χ0v) is 52.1. The van der Waals surface area contributed by atoms with Crippen LogP contribution in [0.5, 0.6) is 0 Å². The van der Waals surface area contributed by atoms with Gasteiger partial charge in [0.15, 0.2) is 0 Å². The first-order valence-electron chi connectivity index (χ1n) is 33.0. The fourth-order valence-corrected chi connectivity index (χ4v) is 17.4. The summed E-state index contributed by atoms with van der Waals surface area (Å²) in [6, 6.07) is 38.1. The molecule has 0 saturated carbocycles. The van der Waals surface area contributed by atoms with Crippen molar-refractivity contribution in [2.45, 2.75) is 205 Å². The van der Waals surface area contributed by atoms with Gasteiger partial charge in [-0.2, -0.15) is 0 Å². The van der Waals surface area contributed by atoms with Crippen molar-refractivity contribution >= 4 is 95.0 Å². The largest absolute Gasteiger partial charge is 0.311 e. The number of thiophene rings is 1. The lowest BCUT2D eigenvalue weighted by Crippen LogP contribution is -2.61. The van der Waals surface area contributed by atoms with Gasteiger partial charge in [0, 0.05) is 54.7 Å². The number of nitrogens with zero attached hydrogens (tertiary/aromatic N) is 3. The van der Waals surface area contributed by atoms with Gasteiger partial charge in [-0.3, -0.25) is 0 Å². The second-order valence-corrected chi connectivity index (χ2v) is 31.9. The van der Waals surface area contributed by atoms with Crippen LogP contribution in [0.4, 0.5) is 51.2 Å². The molecule has 7 aromatic carbocycles. The van der Waals surface area contributed by atoms with E-state index >= 15 is 0 Å². The van der Waals surface area contributed by atoms with Crippen molar-refractivity contribution in [1.29, 1.82) is 0 Å². The Bertz CT molecular complexity index is 4210. The third-order valence-electron chi connectivity index (χ3n) is 21.8. The Kier molecular flexibility index (Phi) is 10.1. The Morgan fingerprint density at radius 2 is 0.840 bits per heavy atom. The lowest BCUT2D eigenvalue weighted by atomic mass is 9.35. The summed E-state index contributed by atoms with van der Waals surface area (Å²) in [5, 5.41) is 1.26. The fraction of sp³-hybridized carbons (Fsp3) is 0.421. The molecule has 0 saturated heterocycles. The van der Waals surface area contributed by atoms with Crippen LogP contribution in [0.3, 0.4) is 0 Å². The predicted octanol–water partition coefficient (Wildman–Crippen LogP) is 19.8. The van der Waals surface area contributed by atoms with Gasteiger partial charge in [-0.1, -0.05) is 165 Å². The maximum absolute atomic E-state index is 9.78. The standard InChI is InChI=1S/C76H86BN3S/c1-69(2)31-33-71(5,6)55-39-49(27-29-53(55)69)79-62-45-59-58(74(11,12)36-37-75(59,13)14)44-61(62)77-66-63(79)41-51(78(47-23-19-17-20-24-47)48-25-21-18-22-26-48)42-64(66)80(50-28-30-54-56(40-50)72(7,8)34-32-70(54,3)4)67-52-43-57-60(46-65(52)81-68(67)77)76(15,16)38-35-73(57,9)10/h17-30,39-46H,31-38H2,1-16H3/i17D,19D,20D,23D,24D. The SMILES string of the molecule is [2H]c1c([2H])c([2H])c(N(c2ccccc2)c2cc3c4c(c2)N(c2ccc5c(c2)C(C)(C)CCC5(C)C)c2c(sc5cc6c(cc25)C(C)(C)CCC6(C)C)B4c2cc4c(cc2N3c2ccc3c(c2)C(C)(C)CCC3(C)C)C(C)(C)CCC4(C)C)c([2H])c1[2H]. The molecule has 0 N–H and O–H groups in total. The average molecular weight is 1090 g/mol. The van der Waals surface area contributed by atoms with Crippen molar-refractivity contribution in [2.24, 2.45) is 0 Å². The number of para-hydroxylation sites is 2. The predicted molar refractivity (Wildman–Crippen MR) is 352 cm³/mol. The Balaban J connectivity index is 1.19. The summed E-state index contributed by atoms with van der Waals surface area (Å²) in [6.07, 6.45) is 8.79. The molecule has 3 nitrogen and oxygen atoms in total. The van der Waals surface area contributed by atoms with E-state index in [1.54, 1.807) is 0 Å². The van der Waals surface area contributed by atoms with Crippen molar-refractivity contribution in [3.63, 3.8) is 0 Å². The molecule has 1 aromatic heterocycles. The van der Waals surface area contributed by atoms with Gasteiger partial charge in [0.25, 0.3) is 6.71 Å². The van der Waals surface area contributed by atoms with Gasteiger partial charge in [-0.05, 0) is 229 Å². The second kappa shape index (κ2) is 17.3. The molecule has 4 aliphatic carbocycles. The Hall–Kier alpha value is -6.04. The first kappa shape index (κ1) is 47.5. The van der Waals surface area contributed by atoms with Gasteiger partial charge in [0.05, 0.1) is 18.2 Å². The van der Waals surface area contributed by atoms with Crippen LogP contribution >= 0.6 is 11.3 Å². The molecule has 414 valence electrons. The smallest absolute Gasteiger partial charge is 0.264 e. The Morgan fingerprint density at radius 3 is 1.36 bits per heavy atom. The first-order chi connectivity index (χ1) is 40.2. The van der Waals surface area contributed by atoms with Crippen LogP contribution in [-0.4, -0.2) is 6.71 Å². The van der Waals surface area contributed by atoms with E-state index in [1.165, 1.54) is 81.7 Å². The van der Waals surface area contributed by atoms with Crippen molar-refractivity contribution in [3.05, 3.63) is 178 Å². The van der Waals surface area contributed by atoms with Crippen LogP contribution in [-0.2, 0) is 43.3 Å². The van der Waals surface area contributed by atoms with E-state index in [4.69, 9.17) is 1.37 Å². The van der Waals surface area contributed by atoms with Gasteiger partial charge < -0.3 is 14.7 Å². The zero-order chi connectivity index (χ0) is 61.3. The summed E-state index contributed by atoms with van der Waals surface area (Å²) in [4.78, 5) is 7.17. The Morgan fingerprint density at radius 1 is 0.407 bits per heavy atom. The summed E-state index contributed by atoms with van der Waals surface area (Å²) >= 11 is 1.99. The molecule has 0 spiro atoms. The molecular weight excluding hydrogens is 998 g/mol. The van der Waals surface area contributed by atoms with Gasteiger partial charge in [0.2, 0.25) is 0 Å². The van der Waals surface area contributed by atoms with Crippen molar-refractivity contribution in [1.82, 2.24) is 0 Å². The topological polar surface area (TPSA) is 9.72 Å². The van der Waals surface area contributed by atoms with E-state index in [1.807, 2.05) is 46.6 Å². The molecule has 0 unspecified atom stereocenters. The maximum Gasteiger partial charge on any atom is 0.264 e. The van der Waals surface area contributed by atoms with E-state index in [0.717, 1.165) is 74.1 Å². The summed E-state index contributed by atoms with van der Waals surface area (Å²) in [7, 11) is 0. The molecule has 6 aliphatic rings. The van der Waals surface area contributed by atoms with Crippen molar-refractivity contribution < 1.29 is 6.85 Å². The van der Waals surface area contributed by atoms with E-state index < -0.39 is 6.04 Å². The van der Waals surface area contributed by atoms with Gasteiger partial charge in [-0.25, -0.2) is 0 Å². The molecule has 0 radical (unpaired) electrons. The molecule has 14 rings (SSSR count). The third-order valence-corrected chi connectivity index (χ3v) is 23.0. The van der Waals surface area contributed by atoms with Crippen LogP contribution in [0.25, 0.3) is 10.1 Å². The minimum Gasteiger partial charge on any atom is -0.311 e. The molecule has 2 aliphatic heterocycles. The highest BCUT2D eigenvalue weighted by molar-refractivity contribution is 7.33. The fourth-order valence-electron chi connectivity index (χ4n) is 16.0. The highest BCUT2D eigenvalue weighted by atomic mass is 32.1. The minimum absolute atomic E-state index is 0.00237. The van der Waals surface area contributed by atoms with Gasteiger partial charge >= 0.3 is 0 Å². The molecule has 3 heterocycles. The highest BCUT2D eigenvalue weighted by Gasteiger charge is 2.50. The molecule has 0 atom stereocenters. The van der Waals surface area contributed by atoms with Gasteiger partial charge in [-0.15, -0.1) is 11.3 Å². The molecular formula is C76H86BN3S. The van der Waals surface area contributed by atoms with Crippen LogP contribution in [0.15, 0.2) is 133 Å². The molecule has 0 amide bonds. The van der Waals surface area contributed by atoms with E-state index in [9.17, 15) is 5.48 Å². The van der Waals surface area contributed by atoms with E-state index in [-0.39, 0.29) is 79.9 Å². The number of fused-ring (bicyclic) bond motifs is 10. The molecule has 81 heavy (non-hydrogen) atoms. The number of hydrogen-bond donors (Lipinski definition) is 0. The zero-order valence-electron chi connectivity index (χ0n) is 56.3. The maximum atomic E-state index is 9.78. The molecule has 0 fully saturated rings. The first-order valence-corrected chi connectivity index (χ1v) is 31.3. The highest BCUT2D eigenvalue weighted by Crippen LogP contribution is 2.58. The van der Waals surface area contributed by atoms with Crippen molar-refractivity contribution in [2.75, 3.05) is 14.7 Å². The lowest BCUT2D eigenvalue weighted by Gasteiger charge is -2.48. The number of anilines is 9. The second-order valence-electron chi connectivity index (χ2n) is 30.8. The summed E-state index contributed by atoms with van der Waals surface area (Å²) in [5.74, 6) is 0. The molecule has 0 bridgehead atoms. The lowest BCUT2D eigenvalue weighted by molar-refractivity contribution is 0.332. The summed E-state index contributed by atoms with van der Waals surface area (Å²) in [5.41, 5.74) is 21.6.